The summed E-state index contributed by atoms with van der Waals surface area (Å²) in [5.74, 6) is 0. The van der Waals surface area contributed by atoms with E-state index < -0.39 is 0 Å². The molecule has 0 heterocycles. The molecule has 0 nitrogen and oxygen atoms in total. The van der Waals surface area contributed by atoms with Crippen LogP contribution in [-0.2, 0) is 0 Å². The second-order valence-electron chi connectivity index (χ2n) is 3.28. The number of rotatable bonds is 3. The fourth-order valence-electron chi connectivity index (χ4n) is 1.47. The fourth-order valence-corrected chi connectivity index (χ4v) is 2.65. The van der Waals surface area contributed by atoms with E-state index in [1.165, 1.54) is 16.2 Å². The summed E-state index contributed by atoms with van der Waals surface area (Å²) in [6, 6.07) is 19.0. The quantitative estimate of drug-likeness (QED) is 0.714. The van der Waals surface area contributed by atoms with E-state index in [4.69, 9.17) is 0 Å². The zero-order chi connectivity index (χ0) is 12.5. The molecule has 1 unspecified atom stereocenters. The molecule has 0 amide bonds. The Bertz CT molecular complexity index is 446. The maximum atomic E-state index is 3.84. The van der Waals surface area contributed by atoms with Gasteiger partial charge in [-0.1, -0.05) is 89.7 Å². The Hall–Kier alpha value is -1.39. The lowest BCUT2D eigenvalue weighted by Gasteiger charge is -2.05. The van der Waals surface area contributed by atoms with Gasteiger partial charge in [-0.05, 0) is 16.2 Å². The highest BCUT2D eigenvalue weighted by Gasteiger charge is 1.98. The summed E-state index contributed by atoms with van der Waals surface area (Å²) >= 11 is 0. The van der Waals surface area contributed by atoms with E-state index in [9.17, 15) is 0 Å². The molecule has 0 fully saturated rings. The van der Waals surface area contributed by atoms with Crippen molar-refractivity contribution in [1.29, 1.82) is 0 Å². The van der Waals surface area contributed by atoms with Crippen molar-refractivity contribution in [1.82, 2.24) is 0 Å². The predicted octanol–water partition coefficient (Wildman–Crippen LogP) is 3.99. The summed E-state index contributed by atoms with van der Waals surface area (Å²) in [6.45, 7) is 7.84. The van der Waals surface area contributed by atoms with Gasteiger partial charge < -0.3 is 0 Å². The second kappa shape index (κ2) is 7.81. The molecular weight excluding hydrogens is 223 g/mol. The first-order chi connectivity index (χ1) is 8.40. The molecule has 2 rings (SSSR count). The predicted molar refractivity (Wildman–Crippen MR) is 81.9 cm³/mol. The highest BCUT2D eigenvalue weighted by molar-refractivity contribution is 7.55. The molecular formula is C16H19P. The monoisotopic (exact) mass is 242 g/mol. The van der Waals surface area contributed by atoms with Crippen molar-refractivity contribution < 1.29 is 0 Å². The van der Waals surface area contributed by atoms with Gasteiger partial charge in [0.05, 0.1) is 0 Å². The smallest absolute Gasteiger partial charge is 0.0154 e. The first-order valence-corrected chi connectivity index (χ1v) is 6.93. The first-order valence-electron chi connectivity index (χ1n) is 5.93. The lowest BCUT2D eigenvalue weighted by molar-refractivity contribution is 1.50. The standard InChI is InChI=1S/C14H13P.C2H6/c1-2-12-8-6-7-11-14(12)15-13-9-4-3-5-10-13;1-2/h2-11,15H,1H2;1-2H3. The molecule has 0 N–H and O–H groups in total. The third-order valence-electron chi connectivity index (χ3n) is 2.23. The van der Waals surface area contributed by atoms with E-state index in [0.29, 0.717) is 8.58 Å². The van der Waals surface area contributed by atoms with Crippen molar-refractivity contribution in [3.63, 3.8) is 0 Å². The lowest BCUT2D eigenvalue weighted by Crippen LogP contribution is -2.05. The summed E-state index contributed by atoms with van der Waals surface area (Å²) in [5, 5.41) is 2.73. The van der Waals surface area contributed by atoms with Crippen molar-refractivity contribution in [3.8, 4) is 0 Å². The van der Waals surface area contributed by atoms with Crippen LogP contribution in [0.15, 0.2) is 61.2 Å². The Labute approximate surface area is 106 Å². The molecule has 1 atom stereocenters. The Balaban J connectivity index is 0.000000686. The average Bonchev–Trinajstić information content (AvgIpc) is 2.43. The van der Waals surface area contributed by atoms with Gasteiger partial charge in [-0.25, -0.2) is 0 Å². The van der Waals surface area contributed by atoms with Gasteiger partial charge in [-0.2, -0.15) is 0 Å². The third kappa shape index (κ3) is 4.17. The SMILES string of the molecule is C=Cc1ccccc1Pc1ccccc1.CC. The van der Waals surface area contributed by atoms with Crippen LogP contribution in [0.5, 0.6) is 0 Å². The third-order valence-corrected chi connectivity index (χ3v) is 3.58. The summed E-state index contributed by atoms with van der Waals surface area (Å²) in [6.07, 6.45) is 1.92. The largest absolute Gasteiger partial charge is 0.0984 e. The van der Waals surface area contributed by atoms with Gasteiger partial charge in [0.1, 0.15) is 0 Å². The minimum absolute atomic E-state index is 0.711. The normalized spacial score (nSPS) is 9.76. The Morgan fingerprint density at radius 2 is 1.47 bits per heavy atom. The highest BCUT2D eigenvalue weighted by Crippen LogP contribution is 2.13. The molecule has 0 radical (unpaired) electrons. The molecule has 0 saturated heterocycles. The van der Waals surface area contributed by atoms with Crippen LogP contribution in [0.4, 0.5) is 0 Å². The van der Waals surface area contributed by atoms with Crippen LogP contribution in [0.1, 0.15) is 19.4 Å². The van der Waals surface area contributed by atoms with Crippen LogP contribution in [0.25, 0.3) is 6.08 Å². The van der Waals surface area contributed by atoms with Gasteiger partial charge in [0.25, 0.3) is 0 Å². The van der Waals surface area contributed by atoms with E-state index in [0.717, 1.165) is 0 Å². The van der Waals surface area contributed by atoms with Crippen molar-refractivity contribution in [2.75, 3.05) is 0 Å². The van der Waals surface area contributed by atoms with Gasteiger partial charge in [-0.15, -0.1) is 0 Å². The molecule has 2 aromatic rings. The van der Waals surface area contributed by atoms with E-state index in [1.807, 2.05) is 26.0 Å². The molecule has 0 aromatic heterocycles. The maximum Gasteiger partial charge on any atom is -0.0154 e. The molecule has 0 aliphatic heterocycles. The van der Waals surface area contributed by atoms with Gasteiger partial charge in [0, 0.05) is 0 Å². The second-order valence-corrected chi connectivity index (χ2v) is 4.65. The van der Waals surface area contributed by atoms with Crippen LogP contribution in [0.2, 0.25) is 0 Å². The van der Waals surface area contributed by atoms with E-state index in [1.54, 1.807) is 0 Å². The Morgan fingerprint density at radius 3 is 2.12 bits per heavy atom. The topological polar surface area (TPSA) is 0 Å². The van der Waals surface area contributed by atoms with E-state index >= 15 is 0 Å². The lowest BCUT2D eigenvalue weighted by atomic mass is 10.2. The van der Waals surface area contributed by atoms with Gasteiger partial charge >= 0.3 is 0 Å². The van der Waals surface area contributed by atoms with Crippen molar-refractivity contribution in [2.24, 2.45) is 0 Å². The molecule has 0 aliphatic rings. The van der Waals surface area contributed by atoms with Crippen LogP contribution in [-0.4, -0.2) is 0 Å². The molecule has 1 heteroatoms. The molecule has 0 spiro atoms. The van der Waals surface area contributed by atoms with Gasteiger partial charge in [0.15, 0.2) is 0 Å². The molecule has 0 saturated carbocycles. The highest BCUT2D eigenvalue weighted by atomic mass is 31.1. The molecule has 0 bridgehead atoms. The Morgan fingerprint density at radius 1 is 0.882 bits per heavy atom. The Kier molecular flexibility index (Phi) is 6.29. The zero-order valence-electron chi connectivity index (χ0n) is 10.5. The zero-order valence-corrected chi connectivity index (χ0v) is 11.5. The minimum atomic E-state index is 0.711. The molecule has 88 valence electrons. The van der Waals surface area contributed by atoms with Gasteiger partial charge in [-0.3, -0.25) is 0 Å². The van der Waals surface area contributed by atoms with Crippen molar-refractivity contribution in [3.05, 3.63) is 66.7 Å². The van der Waals surface area contributed by atoms with E-state index in [-0.39, 0.29) is 0 Å². The van der Waals surface area contributed by atoms with Crippen LogP contribution < -0.4 is 10.6 Å². The average molecular weight is 242 g/mol. The van der Waals surface area contributed by atoms with Crippen LogP contribution in [0, 0.1) is 0 Å². The van der Waals surface area contributed by atoms with Crippen molar-refractivity contribution >= 4 is 25.3 Å². The molecule has 17 heavy (non-hydrogen) atoms. The fraction of sp³-hybridized carbons (Fsp3) is 0.125. The molecule has 0 aliphatic carbocycles. The maximum absolute atomic E-state index is 3.84. The number of hydrogen-bond acceptors (Lipinski definition) is 0. The summed E-state index contributed by atoms with van der Waals surface area (Å²) < 4.78 is 0. The van der Waals surface area contributed by atoms with Crippen LogP contribution >= 0.6 is 8.58 Å². The van der Waals surface area contributed by atoms with Gasteiger partial charge in [0.2, 0.25) is 0 Å². The van der Waals surface area contributed by atoms with E-state index in [2.05, 4.69) is 55.1 Å². The number of hydrogen-bond donors (Lipinski definition) is 0. The van der Waals surface area contributed by atoms with Crippen molar-refractivity contribution in [2.45, 2.75) is 13.8 Å². The summed E-state index contributed by atoms with van der Waals surface area (Å²) in [4.78, 5) is 0. The summed E-state index contributed by atoms with van der Waals surface area (Å²) in [5.41, 5.74) is 1.24. The summed E-state index contributed by atoms with van der Waals surface area (Å²) in [7, 11) is 0.711. The van der Waals surface area contributed by atoms with Crippen LogP contribution in [0.3, 0.4) is 0 Å². The minimum Gasteiger partial charge on any atom is -0.0984 e. The number of benzene rings is 2. The molecule has 2 aromatic carbocycles. The first kappa shape index (κ1) is 13.7.